The van der Waals surface area contributed by atoms with Crippen molar-refractivity contribution in [1.29, 1.82) is 0 Å². The van der Waals surface area contributed by atoms with Crippen molar-refractivity contribution in [1.82, 2.24) is 11.1 Å². The average molecular weight is 277 g/mol. The lowest BCUT2D eigenvalue weighted by Crippen LogP contribution is -2.27. The first-order chi connectivity index (χ1) is 7.28. The zero-order chi connectivity index (χ0) is 12.3. The Balaban J connectivity index is 0.00000256. The van der Waals surface area contributed by atoms with E-state index in [2.05, 4.69) is 10.3 Å². The lowest BCUT2D eigenvalue weighted by molar-refractivity contribution is 0.0635. The van der Waals surface area contributed by atoms with E-state index in [-0.39, 0.29) is 11.3 Å². The Bertz CT molecular complexity index is 405. The van der Waals surface area contributed by atoms with Gasteiger partial charge < -0.3 is 4.74 Å². The van der Waals surface area contributed by atoms with Gasteiger partial charge in [0.25, 0.3) is 0 Å². The molecule has 1 aromatic rings. The highest BCUT2D eigenvalue weighted by atomic mass is 35.5. The third-order valence-corrected chi connectivity index (χ3v) is 2.12. The van der Waals surface area contributed by atoms with E-state index in [1.165, 1.54) is 6.07 Å². The van der Waals surface area contributed by atoms with Crippen molar-refractivity contribution >= 4 is 35.1 Å². The molecule has 0 bridgehead atoms. The predicted octanol–water partition coefficient (Wildman–Crippen LogP) is 3.25. The van der Waals surface area contributed by atoms with E-state index in [4.69, 9.17) is 27.9 Å². The summed E-state index contributed by atoms with van der Waals surface area (Å²) in [5.74, 6) is 0.295. The Morgan fingerprint density at radius 2 is 1.94 bits per heavy atom. The fourth-order valence-electron chi connectivity index (χ4n) is 0.895. The molecule has 1 rings (SSSR count). The van der Waals surface area contributed by atoms with Crippen LogP contribution in [-0.4, -0.2) is 16.7 Å². The van der Waals surface area contributed by atoms with Gasteiger partial charge in [0, 0.05) is 6.15 Å². The van der Waals surface area contributed by atoms with E-state index in [1.54, 1.807) is 26.8 Å². The Hall–Kier alpha value is -1.04. The highest BCUT2D eigenvalue weighted by Gasteiger charge is 2.16. The molecule has 1 heterocycles. The van der Waals surface area contributed by atoms with E-state index in [1.807, 2.05) is 0 Å². The van der Waals surface area contributed by atoms with Crippen molar-refractivity contribution in [3.8, 4) is 0 Å². The van der Waals surface area contributed by atoms with Crippen molar-refractivity contribution in [3.05, 3.63) is 22.3 Å². The minimum atomic E-state index is -0.585. The van der Waals surface area contributed by atoms with Crippen LogP contribution in [0.3, 0.4) is 0 Å². The number of nitrogens with zero attached hydrogens (tertiary/aromatic N) is 2. The summed E-state index contributed by atoms with van der Waals surface area (Å²) < 4.78 is 5.05. The smallest absolute Gasteiger partial charge is 0.413 e. The molecule has 0 aromatic carbocycles. The summed E-state index contributed by atoms with van der Waals surface area (Å²) in [7, 11) is 0. The topological polar surface area (TPSA) is 81.7 Å². The lowest BCUT2D eigenvalue weighted by atomic mass is 10.2. The molecule has 1 aromatic heterocycles. The zero-order valence-electron chi connectivity index (χ0n) is 9.62. The molecule has 0 saturated heterocycles. The number of carbonyl (C=O) groups is 1. The Kier molecular flexibility index (Phi) is 5.68. The fourth-order valence-corrected chi connectivity index (χ4v) is 1.15. The number of ether oxygens (including phenoxy) is 1. The van der Waals surface area contributed by atoms with Crippen molar-refractivity contribution in [2.24, 2.45) is 0 Å². The van der Waals surface area contributed by atoms with Crippen LogP contribution < -0.4 is 11.5 Å². The Morgan fingerprint density at radius 1 is 1.35 bits per heavy atom. The monoisotopic (exact) mass is 276 g/mol. The molecule has 1 N–H and O–H groups in total. The van der Waals surface area contributed by atoms with E-state index >= 15 is 0 Å². The molecular formula is C10H12Cl2N3O2. The summed E-state index contributed by atoms with van der Waals surface area (Å²) in [6, 6.07) is 3.09. The minimum absolute atomic E-state index is 0. The van der Waals surface area contributed by atoms with Crippen molar-refractivity contribution in [2.75, 3.05) is 5.32 Å². The number of aromatic nitrogens is 1. The standard InChI is InChI=1S/C10H12Cl2N2O2.N/c1-10(2,3)16-9(15)14-7-5-4-6(11)8(12)13-7;/h4-5H,1-3H3,(H,13,14,15);. The normalized spacial score (nSPS) is 10.4. The Labute approximate surface area is 110 Å². The van der Waals surface area contributed by atoms with Crippen molar-refractivity contribution < 1.29 is 9.53 Å². The molecule has 7 heteroatoms. The number of halogens is 2. The maximum absolute atomic E-state index is 11.4. The van der Waals surface area contributed by atoms with Gasteiger partial charge in [-0.2, -0.15) is 0 Å². The first-order valence-electron chi connectivity index (χ1n) is 4.60. The summed E-state index contributed by atoms with van der Waals surface area (Å²) in [6.45, 7) is 5.32. The molecule has 17 heavy (non-hydrogen) atoms. The van der Waals surface area contributed by atoms with Gasteiger partial charge in [-0.25, -0.2) is 9.78 Å². The summed E-state index contributed by atoms with van der Waals surface area (Å²) in [5, 5.41) is 2.92. The van der Waals surface area contributed by atoms with Crippen LogP contribution in [0.15, 0.2) is 12.1 Å². The number of pyridine rings is 1. The van der Waals surface area contributed by atoms with Gasteiger partial charge in [0.1, 0.15) is 16.6 Å². The van der Waals surface area contributed by atoms with Crippen LogP contribution in [0.1, 0.15) is 20.8 Å². The number of nitrogens with one attached hydrogen (secondary N) is 1. The first kappa shape index (κ1) is 16.0. The van der Waals surface area contributed by atoms with Gasteiger partial charge in [-0.15, -0.1) is 0 Å². The molecule has 0 atom stereocenters. The molecule has 0 aliphatic carbocycles. The molecule has 0 saturated carbocycles. The average Bonchev–Trinajstić information content (AvgIpc) is 2.08. The van der Waals surface area contributed by atoms with Gasteiger partial charge in [-0.3, -0.25) is 5.32 Å². The van der Waals surface area contributed by atoms with Gasteiger partial charge >= 0.3 is 6.09 Å². The number of rotatable bonds is 1. The summed E-state index contributed by atoms with van der Waals surface area (Å²) >= 11 is 11.4. The maximum atomic E-state index is 11.4. The molecule has 0 aliphatic heterocycles. The number of amides is 1. The molecule has 0 spiro atoms. The number of anilines is 1. The molecule has 0 fully saturated rings. The summed E-state index contributed by atoms with van der Waals surface area (Å²) in [6.07, 6.45) is -0.585. The van der Waals surface area contributed by atoms with Crippen molar-refractivity contribution in [3.63, 3.8) is 0 Å². The van der Waals surface area contributed by atoms with Gasteiger partial charge in [-0.1, -0.05) is 23.2 Å². The molecule has 0 unspecified atom stereocenters. The lowest BCUT2D eigenvalue weighted by Gasteiger charge is -2.19. The van der Waals surface area contributed by atoms with Crippen LogP contribution in [0, 0.1) is 0 Å². The fraction of sp³-hybridized carbons (Fsp3) is 0.400. The quantitative estimate of drug-likeness (QED) is 0.800. The van der Waals surface area contributed by atoms with E-state index in [0.29, 0.717) is 10.8 Å². The second-order valence-electron chi connectivity index (χ2n) is 4.10. The van der Waals surface area contributed by atoms with Crippen LogP contribution >= 0.6 is 23.2 Å². The summed E-state index contributed by atoms with van der Waals surface area (Å²) in [5.41, 5.74) is -0.555. The van der Waals surface area contributed by atoms with Crippen LogP contribution in [0.25, 0.3) is 0 Å². The second kappa shape index (κ2) is 6.05. The van der Waals surface area contributed by atoms with Crippen LogP contribution in [0.4, 0.5) is 10.6 Å². The summed E-state index contributed by atoms with van der Waals surface area (Å²) in [4.78, 5) is 15.2. The Morgan fingerprint density at radius 3 is 2.41 bits per heavy atom. The first-order valence-corrected chi connectivity index (χ1v) is 5.35. The largest absolute Gasteiger partial charge is 0.444 e. The molecular weight excluding hydrogens is 265 g/mol. The van der Waals surface area contributed by atoms with Gasteiger partial charge in [0.2, 0.25) is 0 Å². The minimum Gasteiger partial charge on any atom is -0.444 e. The SMILES string of the molecule is CC(C)(C)OC(=O)Nc1ccc(Cl)c(Cl)n1.[N]. The van der Waals surface area contributed by atoms with E-state index in [9.17, 15) is 4.79 Å². The molecule has 93 valence electrons. The van der Waals surface area contributed by atoms with Gasteiger partial charge in [0.15, 0.2) is 0 Å². The zero-order valence-corrected chi connectivity index (χ0v) is 11.1. The molecule has 0 aliphatic rings. The van der Waals surface area contributed by atoms with E-state index < -0.39 is 11.7 Å². The van der Waals surface area contributed by atoms with Crippen LogP contribution in [0.2, 0.25) is 10.2 Å². The maximum Gasteiger partial charge on any atom is 0.413 e. The van der Waals surface area contributed by atoms with E-state index in [0.717, 1.165) is 0 Å². The van der Waals surface area contributed by atoms with Crippen LogP contribution in [0.5, 0.6) is 0 Å². The third-order valence-electron chi connectivity index (χ3n) is 1.43. The second-order valence-corrected chi connectivity index (χ2v) is 4.86. The highest BCUT2D eigenvalue weighted by Crippen LogP contribution is 2.21. The third kappa shape index (κ3) is 5.72. The predicted molar refractivity (Wildman–Crippen MR) is 66.2 cm³/mol. The number of hydrogen-bond donors (Lipinski definition) is 1. The molecule has 3 radical (unpaired) electrons. The number of hydrogen-bond acceptors (Lipinski definition) is 3. The molecule has 1 amide bonds. The van der Waals surface area contributed by atoms with Crippen molar-refractivity contribution in [2.45, 2.75) is 26.4 Å². The molecule has 5 nitrogen and oxygen atoms in total. The van der Waals surface area contributed by atoms with Gasteiger partial charge in [0.05, 0.1) is 5.02 Å². The number of carbonyl (C=O) groups excluding carboxylic acids is 1. The van der Waals surface area contributed by atoms with Gasteiger partial charge in [-0.05, 0) is 32.9 Å². The highest BCUT2D eigenvalue weighted by molar-refractivity contribution is 6.41. The van der Waals surface area contributed by atoms with Crippen LogP contribution in [-0.2, 0) is 4.74 Å².